The van der Waals surface area contributed by atoms with Gasteiger partial charge >= 0.3 is 0 Å². The van der Waals surface area contributed by atoms with Crippen LogP contribution in [-0.2, 0) is 0 Å². The zero-order valence-corrected chi connectivity index (χ0v) is 9.06. The molecule has 1 aromatic heterocycles. The number of hydrogen-bond donors (Lipinski definition) is 0. The van der Waals surface area contributed by atoms with Crippen LogP contribution in [0.1, 0.15) is 0 Å². The predicted molar refractivity (Wildman–Crippen MR) is 61.4 cm³/mol. The third-order valence-corrected chi connectivity index (χ3v) is 3.13. The van der Waals surface area contributed by atoms with Gasteiger partial charge in [-0.25, -0.2) is 0 Å². The Morgan fingerprint density at radius 2 is 1.77 bits per heavy atom. The van der Waals surface area contributed by atoms with Crippen LogP contribution in [0.3, 0.4) is 0 Å². The molecule has 0 unspecified atom stereocenters. The highest BCUT2D eigenvalue weighted by atomic mass is 32.1. The summed E-state index contributed by atoms with van der Waals surface area (Å²) in [5, 5.41) is 3.64. The van der Waals surface area contributed by atoms with E-state index in [1.54, 1.807) is 0 Å². The zero-order valence-electron chi connectivity index (χ0n) is 8.24. The van der Waals surface area contributed by atoms with Gasteiger partial charge in [0.25, 0.3) is 0 Å². The molecule has 0 amide bonds. The highest BCUT2D eigenvalue weighted by Crippen LogP contribution is 2.33. The van der Waals surface area contributed by atoms with Gasteiger partial charge in [0.1, 0.15) is 0 Å². The molecule has 0 N–H and O–H groups in total. The first kappa shape index (κ1) is 8.73. The number of thiophene rings is 1. The maximum Gasteiger partial charge on any atom is 0.150 e. The Hall–Kier alpha value is -0.860. The highest BCUT2D eigenvalue weighted by Gasteiger charge is 2.16. The SMILES string of the molecule is C[N+](C)(C)c1csc2ccccc12. The van der Waals surface area contributed by atoms with E-state index >= 15 is 0 Å². The third kappa shape index (κ3) is 1.47. The molecule has 13 heavy (non-hydrogen) atoms. The van der Waals surface area contributed by atoms with E-state index in [1.165, 1.54) is 15.8 Å². The number of benzene rings is 1. The van der Waals surface area contributed by atoms with Crippen LogP contribution in [0.15, 0.2) is 29.6 Å². The summed E-state index contributed by atoms with van der Waals surface area (Å²) >= 11 is 1.83. The summed E-state index contributed by atoms with van der Waals surface area (Å²) in [7, 11) is 6.61. The van der Waals surface area contributed by atoms with Gasteiger partial charge in [-0.2, -0.15) is 0 Å². The van der Waals surface area contributed by atoms with Crippen LogP contribution >= 0.6 is 11.3 Å². The fraction of sp³-hybridized carbons (Fsp3) is 0.273. The van der Waals surface area contributed by atoms with Crippen molar-refractivity contribution in [3.8, 4) is 0 Å². The first-order valence-electron chi connectivity index (χ1n) is 4.37. The average Bonchev–Trinajstić information content (AvgIpc) is 2.45. The minimum atomic E-state index is 0.893. The van der Waals surface area contributed by atoms with E-state index in [9.17, 15) is 0 Å². The van der Waals surface area contributed by atoms with Gasteiger partial charge in [-0.05, 0) is 12.1 Å². The van der Waals surface area contributed by atoms with Crippen LogP contribution in [0.4, 0.5) is 5.69 Å². The number of hydrogen-bond acceptors (Lipinski definition) is 1. The van der Waals surface area contributed by atoms with E-state index in [0.29, 0.717) is 0 Å². The minimum absolute atomic E-state index is 0.893. The van der Waals surface area contributed by atoms with Gasteiger partial charge in [0.2, 0.25) is 0 Å². The lowest BCUT2D eigenvalue weighted by atomic mass is 10.2. The molecule has 0 aliphatic rings. The van der Waals surface area contributed by atoms with Crippen LogP contribution in [0, 0.1) is 0 Å². The molecular formula is C11H14NS+. The Morgan fingerprint density at radius 1 is 1.08 bits per heavy atom. The topological polar surface area (TPSA) is 0 Å². The molecule has 1 nitrogen and oxygen atoms in total. The summed E-state index contributed by atoms with van der Waals surface area (Å²) in [5.41, 5.74) is 1.40. The Bertz CT molecular complexity index is 423. The van der Waals surface area contributed by atoms with Crippen LogP contribution in [0.2, 0.25) is 0 Å². The summed E-state index contributed by atoms with van der Waals surface area (Å²) < 4.78 is 2.27. The molecule has 1 aromatic carbocycles. The van der Waals surface area contributed by atoms with Gasteiger partial charge in [0, 0.05) is 4.70 Å². The van der Waals surface area contributed by atoms with Crippen molar-refractivity contribution in [2.24, 2.45) is 0 Å². The van der Waals surface area contributed by atoms with Gasteiger partial charge in [-0.3, -0.25) is 4.48 Å². The van der Waals surface area contributed by atoms with Crippen molar-refractivity contribution in [1.82, 2.24) is 4.48 Å². The zero-order chi connectivity index (χ0) is 9.47. The second-order valence-corrected chi connectivity index (χ2v) is 5.04. The Balaban J connectivity index is 2.72. The van der Waals surface area contributed by atoms with Crippen molar-refractivity contribution in [2.75, 3.05) is 21.1 Å². The minimum Gasteiger partial charge on any atom is -0.297 e. The van der Waals surface area contributed by atoms with Gasteiger partial charge in [-0.15, -0.1) is 11.3 Å². The normalized spacial score (nSPS) is 12.2. The molecular weight excluding hydrogens is 178 g/mol. The molecule has 0 aliphatic heterocycles. The van der Waals surface area contributed by atoms with Crippen molar-refractivity contribution in [3.05, 3.63) is 29.6 Å². The lowest BCUT2D eigenvalue weighted by molar-refractivity contribution is 0.491. The Kier molecular flexibility index (Phi) is 1.90. The third-order valence-electron chi connectivity index (χ3n) is 2.18. The summed E-state index contributed by atoms with van der Waals surface area (Å²) in [6, 6.07) is 8.58. The quantitative estimate of drug-likeness (QED) is 0.609. The molecule has 0 saturated heterocycles. The highest BCUT2D eigenvalue weighted by molar-refractivity contribution is 7.17. The second kappa shape index (κ2) is 2.82. The van der Waals surface area contributed by atoms with Gasteiger partial charge < -0.3 is 0 Å². The molecule has 0 saturated carbocycles. The lowest BCUT2D eigenvalue weighted by Gasteiger charge is -2.22. The molecule has 0 atom stereocenters. The molecule has 68 valence electrons. The molecule has 2 heteroatoms. The molecule has 0 aliphatic carbocycles. The smallest absolute Gasteiger partial charge is 0.150 e. The number of rotatable bonds is 1. The van der Waals surface area contributed by atoms with Crippen molar-refractivity contribution in [1.29, 1.82) is 0 Å². The Labute approximate surface area is 82.8 Å². The van der Waals surface area contributed by atoms with E-state index in [-0.39, 0.29) is 0 Å². The van der Waals surface area contributed by atoms with E-state index in [2.05, 4.69) is 50.8 Å². The standard InChI is InChI=1S/C11H14NS/c1-12(2,3)10-8-13-11-7-5-4-6-9(10)11/h4-8H,1-3H3/q+1. The van der Waals surface area contributed by atoms with Crippen molar-refractivity contribution >= 4 is 27.1 Å². The Morgan fingerprint density at radius 3 is 2.46 bits per heavy atom. The summed E-state index contributed by atoms with van der Waals surface area (Å²) in [5.74, 6) is 0. The largest absolute Gasteiger partial charge is 0.297 e. The lowest BCUT2D eigenvalue weighted by Crippen LogP contribution is -2.34. The average molecular weight is 192 g/mol. The fourth-order valence-corrected chi connectivity index (χ4v) is 2.62. The monoisotopic (exact) mass is 192 g/mol. The van der Waals surface area contributed by atoms with Crippen LogP contribution in [0.25, 0.3) is 10.1 Å². The van der Waals surface area contributed by atoms with E-state index < -0.39 is 0 Å². The summed E-state index contributed by atoms with van der Waals surface area (Å²) in [4.78, 5) is 0. The van der Waals surface area contributed by atoms with Crippen LogP contribution in [0.5, 0.6) is 0 Å². The first-order valence-corrected chi connectivity index (χ1v) is 5.25. The van der Waals surface area contributed by atoms with Crippen molar-refractivity contribution < 1.29 is 0 Å². The molecule has 0 spiro atoms. The van der Waals surface area contributed by atoms with E-state index in [1.807, 2.05) is 11.3 Å². The van der Waals surface area contributed by atoms with Gasteiger partial charge in [-0.1, -0.05) is 12.1 Å². The molecule has 2 rings (SSSR count). The van der Waals surface area contributed by atoms with Crippen LogP contribution in [-0.4, -0.2) is 21.1 Å². The van der Waals surface area contributed by atoms with E-state index in [0.717, 1.165) is 4.48 Å². The number of quaternary nitrogens is 1. The van der Waals surface area contributed by atoms with Crippen molar-refractivity contribution in [3.63, 3.8) is 0 Å². The molecule has 2 aromatic rings. The molecule has 0 bridgehead atoms. The molecule has 0 fully saturated rings. The summed E-state index contributed by atoms with van der Waals surface area (Å²) in [6.45, 7) is 0. The predicted octanol–water partition coefficient (Wildman–Crippen LogP) is 3.10. The first-order chi connectivity index (χ1) is 6.09. The maximum atomic E-state index is 2.25. The van der Waals surface area contributed by atoms with E-state index in [4.69, 9.17) is 0 Å². The fourth-order valence-electron chi connectivity index (χ4n) is 1.48. The van der Waals surface area contributed by atoms with Gasteiger partial charge in [0.05, 0.1) is 31.9 Å². The molecule has 0 radical (unpaired) electrons. The van der Waals surface area contributed by atoms with Gasteiger partial charge in [0.15, 0.2) is 5.69 Å². The second-order valence-electron chi connectivity index (χ2n) is 4.13. The molecule has 1 heterocycles. The van der Waals surface area contributed by atoms with Crippen LogP contribution < -0.4 is 4.48 Å². The van der Waals surface area contributed by atoms with Crippen molar-refractivity contribution in [2.45, 2.75) is 0 Å². The number of nitrogens with zero attached hydrogens (tertiary/aromatic N) is 1. The maximum absolute atomic E-state index is 2.25. The summed E-state index contributed by atoms with van der Waals surface area (Å²) in [6.07, 6.45) is 0. The number of fused-ring (bicyclic) bond motifs is 1.